The molecule has 2 saturated heterocycles. The van der Waals surface area contributed by atoms with Crippen LogP contribution in [0.4, 0.5) is 0 Å². The average molecular weight is 619 g/mol. The molecule has 0 radical (unpaired) electrons. The molecule has 0 bridgehead atoms. The Hall–Kier alpha value is -3.52. The van der Waals surface area contributed by atoms with E-state index in [2.05, 4.69) is 0 Å². The van der Waals surface area contributed by atoms with Gasteiger partial charge in [-0.15, -0.1) is 0 Å². The molecule has 9 nitrogen and oxygen atoms in total. The summed E-state index contributed by atoms with van der Waals surface area (Å²) in [5.41, 5.74) is 2.72. The van der Waals surface area contributed by atoms with Gasteiger partial charge in [-0.3, -0.25) is 9.05 Å². The van der Waals surface area contributed by atoms with Crippen molar-refractivity contribution in [1.82, 2.24) is 0 Å². The summed E-state index contributed by atoms with van der Waals surface area (Å²) in [4.78, 5) is 0. The van der Waals surface area contributed by atoms with E-state index in [1.54, 1.807) is 0 Å². The van der Waals surface area contributed by atoms with Crippen LogP contribution < -0.4 is 9.05 Å². The summed E-state index contributed by atoms with van der Waals surface area (Å²) in [5.74, 6) is -0.842. The molecular weight excluding hydrogens is 590 g/mol. The molecule has 6 aromatic rings. The first-order chi connectivity index (χ1) is 21.0. The third-order valence-electron chi connectivity index (χ3n) is 7.46. The van der Waals surface area contributed by atoms with Crippen molar-refractivity contribution in [2.24, 2.45) is 0 Å². The van der Waals surface area contributed by atoms with Gasteiger partial charge in [-0.2, -0.15) is 0 Å². The van der Waals surface area contributed by atoms with Crippen molar-refractivity contribution < 1.29 is 40.0 Å². The largest absolute Gasteiger partial charge is 0.399 e. The average Bonchev–Trinajstić information content (AvgIpc) is 3.33. The SMILES string of the molecule is CC1(C)O[C@H]2O[C@H](COp3oc4ccccc4c4ccccc4o3)[C@H](Op3oc4ccccc4c4ccccc4o3)[C@H]2O1. The lowest BCUT2D eigenvalue weighted by Crippen LogP contribution is -2.41. The van der Waals surface area contributed by atoms with E-state index in [9.17, 15) is 0 Å². The highest BCUT2D eigenvalue weighted by atomic mass is 31.1. The monoisotopic (exact) mass is 618 g/mol. The number of rotatable bonds is 5. The number of fused-ring (bicyclic) bond motifs is 7. The van der Waals surface area contributed by atoms with Crippen LogP contribution in [0.3, 0.4) is 0 Å². The molecule has 2 aliphatic heterocycles. The first-order valence-corrected chi connectivity index (χ1v) is 16.2. The molecule has 0 N–H and O–H groups in total. The van der Waals surface area contributed by atoms with Gasteiger partial charge in [0.25, 0.3) is 0 Å². The molecule has 43 heavy (non-hydrogen) atoms. The van der Waals surface area contributed by atoms with Crippen molar-refractivity contribution in [1.29, 1.82) is 0 Å². The zero-order valence-corrected chi connectivity index (χ0v) is 25.1. The summed E-state index contributed by atoms with van der Waals surface area (Å²) >= 11 is 0. The Kier molecular flexibility index (Phi) is 6.85. The second-order valence-corrected chi connectivity index (χ2v) is 12.9. The van der Waals surface area contributed by atoms with E-state index in [1.807, 2.05) is 111 Å². The molecule has 4 aromatic carbocycles. The van der Waals surface area contributed by atoms with Crippen LogP contribution >= 0.6 is 16.5 Å². The summed E-state index contributed by atoms with van der Waals surface area (Å²) < 4.78 is 56.5. The van der Waals surface area contributed by atoms with E-state index in [4.69, 9.17) is 40.0 Å². The minimum absolute atomic E-state index is 0.0944. The Morgan fingerprint density at radius 2 is 1.05 bits per heavy atom. The molecule has 0 saturated carbocycles. The van der Waals surface area contributed by atoms with E-state index in [0.717, 1.165) is 21.5 Å². The highest BCUT2D eigenvalue weighted by molar-refractivity contribution is 7.32. The van der Waals surface area contributed by atoms with Gasteiger partial charge in [-0.05, 0) is 38.1 Å². The lowest BCUT2D eigenvalue weighted by Gasteiger charge is -2.24. The van der Waals surface area contributed by atoms with Crippen molar-refractivity contribution in [2.45, 2.75) is 44.2 Å². The fourth-order valence-corrected chi connectivity index (χ4v) is 7.84. The van der Waals surface area contributed by atoms with Crippen LogP contribution in [0.5, 0.6) is 0 Å². The van der Waals surface area contributed by atoms with Gasteiger partial charge in [0.1, 0.15) is 40.6 Å². The Labute approximate surface area is 248 Å². The smallest absolute Gasteiger partial charge is 0.387 e. The molecular formula is C32H28O9P2. The maximum Gasteiger partial charge on any atom is 0.387 e. The topological polar surface area (TPSA) is 98.7 Å². The Bertz CT molecular complexity index is 1920. The summed E-state index contributed by atoms with van der Waals surface area (Å²) in [7, 11) is -3.70. The van der Waals surface area contributed by atoms with Gasteiger partial charge in [0.2, 0.25) is 0 Å². The normalized spacial score (nSPS) is 22.8. The predicted octanol–water partition coefficient (Wildman–Crippen LogP) is 8.70. The van der Waals surface area contributed by atoms with Crippen LogP contribution in [-0.2, 0) is 14.2 Å². The minimum atomic E-state index is -1.89. The lowest BCUT2D eigenvalue weighted by atomic mass is 10.1. The second kappa shape index (κ2) is 10.9. The van der Waals surface area contributed by atoms with E-state index in [-0.39, 0.29) is 6.61 Å². The van der Waals surface area contributed by atoms with Gasteiger partial charge < -0.3 is 31.0 Å². The van der Waals surface area contributed by atoms with Crippen LogP contribution in [0, 0.1) is 0 Å². The van der Waals surface area contributed by atoms with Gasteiger partial charge in [0.15, 0.2) is 12.1 Å². The third-order valence-corrected chi connectivity index (χ3v) is 9.62. The van der Waals surface area contributed by atoms with Crippen LogP contribution in [0.15, 0.2) is 114 Å². The number of ether oxygens (including phenoxy) is 3. The van der Waals surface area contributed by atoms with Gasteiger partial charge in [0.05, 0.1) is 6.61 Å². The first-order valence-electron chi connectivity index (χ1n) is 14.0. The predicted molar refractivity (Wildman–Crippen MR) is 163 cm³/mol. The van der Waals surface area contributed by atoms with Crippen LogP contribution in [0.2, 0.25) is 0 Å². The Morgan fingerprint density at radius 3 is 1.53 bits per heavy atom. The van der Waals surface area contributed by atoms with Crippen molar-refractivity contribution in [3.63, 3.8) is 0 Å². The van der Waals surface area contributed by atoms with Crippen molar-refractivity contribution in [3.8, 4) is 0 Å². The van der Waals surface area contributed by atoms with Gasteiger partial charge >= 0.3 is 16.5 Å². The summed E-state index contributed by atoms with van der Waals surface area (Å²) in [6, 6.07) is 31.2. The number of para-hydroxylation sites is 4. The number of hydrogen-bond donors (Lipinski definition) is 0. The Morgan fingerprint density at radius 1 is 0.605 bits per heavy atom. The maximum atomic E-state index is 6.58. The highest BCUT2D eigenvalue weighted by Crippen LogP contribution is 2.43. The standard InChI is InChI=1S/C32H28O9P2/c1-32(2)35-30-29(41-43-39-26-17-9-5-13-22(26)23-14-6-10-18-27(23)40-43)28(34-31(30)36-32)19-33-42-37-24-15-7-3-11-20(24)21-12-4-8-16-25(21)38-42/h3-18,28-31H,19H2,1-2H3/t28-,29+,30-,31-/m1/s1. The highest BCUT2D eigenvalue weighted by Gasteiger charge is 2.56. The molecule has 0 spiro atoms. The summed E-state index contributed by atoms with van der Waals surface area (Å²) in [5, 5.41) is 3.74. The van der Waals surface area contributed by atoms with Gasteiger partial charge in [-0.25, -0.2) is 0 Å². The second-order valence-electron chi connectivity index (χ2n) is 10.8. The lowest BCUT2D eigenvalue weighted by molar-refractivity contribution is -0.213. The molecule has 2 aromatic heterocycles. The van der Waals surface area contributed by atoms with E-state index >= 15 is 0 Å². The summed E-state index contributed by atoms with van der Waals surface area (Å²) in [6.45, 7) is 3.79. The Balaban J connectivity index is 1.15. The van der Waals surface area contributed by atoms with Crippen molar-refractivity contribution in [2.75, 3.05) is 6.61 Å². The molecule has 0 amide bonds. The van der Waals surface area contributed by atoms with E-state index < -0.39 is 46.9 Å². The van der Waals surface area contributed by atoms with Crippen LogP contribution in [-0.4, -0.2) is 37.0 Å². The van der Waals surface area contributed by atoms with E-state index in [0.29, 0.717) is 22.3 Å². The maximum absolute atomic E-state index is 6.58. The van der Waals surface area contributed by atoms with Gasteiger partial charge in [-0.1, -0.05) is 72.8 Å². The zero-order valence-electron chi connectivity index (χ0n) is 23.3. The molecule has 4 atom stereocenters. The number of hydrogen-bond acceptors (Lipinski definition) is 9. The minimum Gasteiger partial charge on any atom is -0.399 e. The molecule has 2 aliphatic rings. The summed E-state index contributed by atoms with van der Waals surface area (Å²) in [6.07, 6.45) is -2.40. The zero-order chi connectivity index (χ0) is 29.0. The molecule has 8 rings (SSSR count). The van der Waals surface area contributed by atoms with Crippen LogP contribution in [0.25, 0.3) is 43.9 Å². The van der Waals surface area contributed by atoms with Gasteiger partial charge in [0, 0.05) is 21.5 Å². The van der Waals surface area contributed by atoms with E-state index in [1.165, 1.54) is 0 Å². The first kappa shape index (κ1) is 27.1. The molecule has 2 fully saturated rings. The molecule has 4 heterocycles. The molecule has 0 unspecified atom stereocenters. The fourth-order valence-electron chi connectivity index (χ4n) is 5.57. The van der Waals surface area contributed by atoms with Crippen molar-refractivity contribution in [3.05, 3.63) is 97.1 Å². The third kappa shape index (κ3) is 5.17. The molecule has 220 valence electrons. The number of benzene rings is 4. The molecule has 11 heteroatoms. The van der Waals surface area contributed by atoms with Crippen molar-refractivity contribution >= 4 is 60.4 Å². The van der Waals surface area contributed by atoms with Crippen LogP contribution in [0.1, 0.15) is 13.8 Å². The molecule has 0 aliphatic carbocycles. The quantitative estimate of drug-likeness (QED) is 0.188. The fraction of sp³-hybridized carbons (Fsp3) is 0.250.